The minimum Gasteiger partial charge on any atom is -0.335 e. The van der Waals surface area contributed by atoms with E-state index in [1.807, 2.05) is 13.1 Å². The highest BCUT2D eigenvalue weighted by atomic mass is 16.2. The summed E-state index contributed by atoms with van der Waals surface area (Å²) in [5, 5.41) is 4.53. The summed E-state index contributed by atoms with van der Waals surface area (Å²) < 4.78 is 1.74. The summed E-state index contributed by atoms with van der Waals surface area (Å²) in [5.74, 6) is 0.244. The van der Waals surface area contributed by atoms with Crippen molar-refractivity contribution in [1.82, 2.24) is 19.6 Å². The van der Waals surface area contributed by atoms with Crippen LogP contribution >= 0.6 is 0 Å². The third-order valence-electron chi connectivity index (χ3n) is 7.20. The third-order valence-corrected chi connectivity index (χ3v) is 7.20. The first-order valence-electron chi connectivity index (χ1n) is 10.5. The number of carbonyl (C=O) groups excluding carboxylic acids is 2. The van der Waals surface area contributed by atoms with E-state index in [-0.39, 0.29) is 35.4 Å². The van der Waals surface area contributed by atoms with Crippen molar-refractivity contribution in [2.24, 2.45) is 12.5 Å². The Morgan fingerprint density at radius 1 is 1.26 bits per heavy atom. The molecule has 3 heterocycles. The van der Waals surface area contributed by atoms with Crippen molar-refractivity contribution in [3.05, 3.63) is 17.5 Å². The Morgan fingerprint density at radius 3 is 2.63 bits per heavy atom. The molecule has 4 atom stereocenters. The van der Waals surface area contributed by atoms with E-state index in [0.29, 0.717) is 12.2 Å². The van der Waals surface area contributed by atoms with Gasteiger partial charge >= 0.3 is 0 Å². The number of likely N-dealkylation sites (tertiary alicyclic amines) is 2. The minimum absolute atomic E-state index is 0.00554. The van der Waals surface area contributed by atoms with Gasteiger partial charge in [-0.05, 0) is 31.7 Å². The van der Waals surface area contributed by atoms with Crippen LogP contribution in [0, 0.1) is 5.41 Å². The number of fused-ring (bicyclic) bond motifs is 1. The van der Waals surface area contributed by atoms with Gasteiger partial charge in [0.1, 0.15) is 5.69 Å². The SMILES string of the molecule is CCCc1cc(C(=O)N2C[C@@H]3C[C@@]4(C)[C@H](CCCC[C@@H]24)N3C(C)=O)n(C)n1. The second-order valence-corrected chi connectivity index (χ2v) is 8.96. The van der Waals surface area contributed by atoms with Gasteiger partial charge in [0.25, 0.3) is 5.91 Å². The van der Waals surface area contributed by atoms with Crippen LogP contribution in [-0.2, 0) is 18.3 Å². The second-order valence-electron chi connectivity index (χ2n) is 8.96. The number of aromatic nitrogens is 2. The summed E-state index contributed by atoms with van der Waals surface area (Å²) in [7, 11) is 1.87. The Morgan fingerprint density at radius 2 is 1.96 bits per heavy atom. The molecule has 2 amide bonds. The number of hydrogen-bond donors (Lipinski definition) is 0. The van der Waals surface area contributed by atoms with Crippen LogP contribution in [0.25, 0.3) is 0 Å². The van der Waals surface area contributed by atoms with Crippen LogP contribution in [0.3, 0.4) is 0 Å². The molecule has 3 fully saturated rings. The molecule has 6 nitrogen and oxygen atoms in total. The first kappa shape index (κ1) is 18.5. The maximum atomic E-state index is 13.5. The molecular weight excluding hydrogens is 340 g/mol. The molecular formula is C21H32N4O2. The molecule has 0 radical (unpaired) electrons. The number of amides is 2. The van der Waals surface area contributed by atoms with Crippen molar-refractivity contribution in [3.8, 4) is 0 Å². The first-order chi connectivity index (χ1) is 12.9. The number of hydrogen-bond acceptors (Lipinski definition) is 3. The van der Waals surface area contributed by atoms with Crippen molar-refractivity contribution in [2.45, 2.75) is 83.8 Å². The van der Waals surface area contributed by atoms with Gasteiger partial charge in [-0.15, -0.1) is 0 Å². The fourth-order valence-corrected chi connectivity index (χ4v) is 6.12. The van der Waals surface area contributed by atoms with E-state index in [4.69, 9.17) is 0 Å². The number of nitrogens with zero attached hydrogens (tertiary/aromatic N) is 4. The lowest BCUT2D eigenvalue weighted by atomic mass is 9.71. The average molecular weight is 373 g/mol. The fraction of sp³-hybridized carbons (Fsp3) is 0.762. The van der Waals surface area contributed by atoms with Crippen molar-refractivity contribution < 1.29 is 9.59 Å². The van der Waals surface area contributed by atoms with Gasteiger partial charge < -0.3 is 9.80 Å². The van der Waals surface area contributed by atoms with Crippen LogP contribution in [0.4, 0.5) is 0 Å². The summed E-state index contributed by atoms with van der Waals surface area (Å²) in [6.07, 6.45) is 7.31. The molecule has 0 N–H and O–H groups in total. The van der Waals surface area contributed by atoms with E-state index in [9.17, 15) is 9.59 Å². The topological polar surface area (TPSA) is 58.4 Å². The van der Waals surface area contributed by atoms with E-state index in [0.717, 1.165) is 50.6 Å². The van der Waals surface area contributed by atoms with Gasteiger partial charge in [0.15, 0.2) is 0 Å². The summed E-state index contributed by atoms with van der Waals surface area (Å²) in [6, 6.07) is 2.59. The minimum atomic E-state index is 0.00554. The molecule has 1 aromatic heterocycles. The Labute approximate surface area is 161 Å². The number of aryl methyl sites for hydroxylation is 2. The third kappa shape index (κ3) is 2.79. The number of carbonyl (C=O) groups is 2. The van der Waals surface area contributed by atoms with Crippen LogP contribution in [0.15, 0.2) is 6.07 Å². The van der Waals surface area contributed by atoms with Gasteiger partial charge in [0.2, 0.25) is 5.91 Å². The summed E-state index contributed by atoms with van der Waals surface area (Å²) in [5.41, 5.74) is 1.67. The molecule has 0 aromatic carbocycles. The zero-order valence-corrected chi connectivity index (χ0v) is 17.1. The monoisotopic (exact) mass is 372 g/mol. The Balaban J connectivity index is 1.70. The first-order valence-corrected chi connectivity index (χ1v) is 10.5. The zero-order chi connectivity index (χ0) is 19.3. The van der Waals surface area contributed by atoms with Crippen molar-refractivity contribution >= 4 is 11.8 Å². The zero-order valence-electron chi connectivity index (χ0n) is 17.1. The highest BCUT2D eigenvalue weighted by Crippen LogP contribution is 2.53. The molecule has 27 heavy (non-hydrogen) atoms. The van der Waals surface area contributed by atoms with Gasteiger partial charge in [-0.3, -0.25) is 14.3 Å². The molecule has 1 saturated carbocycles. The lowest BCUT2D eigenvalue weighted by molar-refractivity contribution is -0.132. The smallest absolute Gasteiger partial charge is 0.272 e. The molecule has 2 aliphatic heterocycles. The van der Waals surface area contributed by atoms with Crippen molar-refractivity contribution in [3.63, 3.8) is 0 Å². The Kier molecular flexibility index (Phi) is 4.55. The molecule has 2 saturated heterocycles. The summed E-state index contributed by atoms with van der Waals surface area (Å²) in [4.78, 5) is 30.2. The molecule has 148 valence electrons. The molecule has 3 aliphatic rings. The van der Waals surface area contributed by atoms with E-state index < -0.39 is 0 Å². The highest BCUT2D eigenvalue weighted by Gasteiger charge is 2.60. The van der Waals surface area contributed by atoms with Crippen LogP contribution in [0.1, 0.15) is 75.5 Å². The molecule has 4 rings (SSSR count). The van der Waals surface area contributed by atoms with E-state index in [1.165, 1.54) is 0 Å². The normalized spacial score (nSPS) is 32.5. The Hall–Kier alpha value is -1.85. The molecule has 2 bridgehead atoms. The molecule has 0 spiro atoms. The quantitative estimate of drug-likeness (QED) is 0.820. The fourth-order valence-electron chi connectivity index (χ4n) is 6.12. The molecule has 0 unspecified atom stereocenters. The lowest BCUT2D eigenvalue weighted by Crippen LogP contribution is -2.56. The van der Waals surface area contributed by atoms with Crippen LogP contribution < -0.4 is 0 Å². The predicted molar refractivity (Wildman–Crippen MR) is 103 cm³/mol. The van der Waals surface area contributed by atoms with Crippen LogP contribution in [-0.4, -0.2) is 56.1 Å². The van der Waals surface area contributed by atoms with Gasteiger partial charge in [0.05, 0.1) is 11.7 Å². The highest BCUT2D eigenvalue weighted by molar-refractivity contribution is 5.93. The van der Waals surface area contributed by atoms with Crippen molar-refractivity contribution in [2.75, 3.05) is 6.54 Å². The molecule has 1 aromatic rings. The molecule has 6 heteroatoms. The number of piperidine rings is 1. The van der Waals surface area contributed by atoms with Crippen LogP contribution in [0.5, 0.6) is 0 Å². The Bertz CT molecular complexity index is 757. The maximum Gasteiger partial charge on any atom is 0.272 e. The van der Waals surface area contributed by atoms with Crippen LogP contribution in [0.2, 0.25) is 0 Å². The molecule has 1 aliphatic carbocycles. The summed E-state index contributed by atoms with van der Waals surface area (Å²) >= 11 is 0. The number of rotatable bonds is 3. The average Bonchev–Trinajstić information content (AvgIpc) is 3.02. The largest absolute Gasteiger partial charge is 0.335 e. The van der Waals surface area contributed by atoms with Gasteiger partial charge in [0, 0.05) is 38.0 Å². The maximum absolute atomic E-state index is 13.5. The van der Waals surface area contributed by atoms with Crippen molar-refractivity contribution in [1.29, 1.82) is 0 Å². The van der Waals surface area contributed by atoms with Gasteiger partial charge in [-0.25, -0.2) is 0 Å². The lowest BCUT2D eigenvalue weighted by Gasteiger charge is -2.46. The van der Waals surface area contributed by atoms with E-state index in [2.05, 4.69) is 28.7 Å². The standard InChI is InChI=1S/C21H32N4O2/c1-5-8-15-11-17(23(4)22-15)20(27)24-13-16-12-21(3)18(24)9-6-7-10-19(21)25(16)14(2)26/h11,16,18-19H,5-10,12-13H2,1-4H3/t16-,18+,19-,21+/m0/s1. The summed E-state index contributed by atoms with van der Waals surface area (Å²) in [6.45, 7) is 6.79. The predicted octanol–water partition coefficient (Wildman–Crippen LogP) is 2.77. The van der Waals surface area contributed by atoms with Gasteiger partial charge in [-0.1, -0.05) is 33.1 Å². The van der Waals surface area contributed by atoms with Gasteiger partial charge in [-0.2, -0.15) is 5.10 Å². The van der Waals surface area contributed by atoms with E-state index >= 15 is 0 Å². The van der Waals surface area contributed by atoms with E-state index in [1.54, 1.807) is 11.6 Å². The second kappa shape index (κ2) is 6.64.